The topological polar surface area (TPSA) is 79.8 Å². The number of hydrazine groups is 1. The molecule has 0 spiro atoms. The highest BCUT2D eigenvalue weighted by molar-refractivity contribution is 7.91. The molecular weight excluding hydrogens is 386 g/mol. The van der Waals surface area contributed by atoms with Gasteiger partial charge in [-0.15, -0.1) is 11.3 Å². The summed E-state index contributed by atoms with van der Waals surface area (Å²) in [5.41, 5.74) is 1.46. The Labute approximate surface area is 163 Å². The van der Waals surface area contributed by atoms with E-state index in [-0.39, 0.29) is 30.1 Å². The van der Waals surface area contributed by atoms with Crippen molar-refractivity contribution in [1.82, 2.24) is 15.0 Å². The second-order valence-corrected chi connectivity index (χ2v) is 9.95. The monoisotopic (exact) mass is 409 g/mol. The Kier molecular flexibility index (Phi) is 5.83. The minimum atomic E-state index is -3.09. The summed E-state index contributed by atoms with van der Waals surface area (Å²) in [6, 6.07) is 7.37. The molecule has 1 aliphatic heterocycles. The van der Waals surface area contributed by atoms with Gasteiger partial charge in [-0.3, -0.25) is 9.80 Å². The fourth-order valence-electron chi connectivity index (χ4n) is 3.01. The summed E-state index contributed by atoms with van der Waals surface area (Å²) in [4.78, 5) is 17.3. The van der Waals surface area contributed by atoms with Gasteiger partial charge in [0.15, 0.2) is 9.84 Å². The van der Waals surface area contributed by atoms with E-state index < -0.39 is 9.84 Å². The van der Waals surface area contributed by atoms with E-state index in [2.05, 4.69) is 4.98 Å². The molecule has 1 saturated heterocycles. The Bertz CT molecular complexity index is 907. The van der Waals surface area contributed by atoms with Crippen molar-refractivity contribution in [1.29, 1.82) is 0 Å². The van der Waals surface area contributed by atoms with Crippen LogP contribution in [-0.2, 0) is 16.4 Å². The fraction of sp³-hybridized carbons (Fsp3) is 0.444. The number of thiazole rings is 1. The fourth-order valence-corrected chi connectivity index (χ4v) is 5.39. The van der Waals surface area contributed by atoms with Crippen LogP contribution < -0.4 is 4.74 Å². The number of carbonyl (C=O) groups excluding carboxylic acids is 1. The molecule has 1 unspecified atom stereocenters. The van der Waals surface area contributed by atoms with E-state index in [0.29, 0.717) is 17.1 Å². The minimum absolute atomic E-state index is 0.00947. The second-order valence-electron chi connectivity index (χ2n) is 6.78. The van der Waals surface area contributed by atoms with Crippen LogP contribution in [0, 0.1) is 6.92 Å². The van der Waals surface area contributed by atoms with Gasteiger partial charge in [-0.2, -0.15) is 0 Å². The Morgan fingerprint density at radius 2 is 2.00 bits per heavy atom. The molecule has 2 aromatic rings. The maximum Gasteiger partial charge on any atom is 0.287 e. The van der Waals surface area contributed by atoms with Crippen LogP contribution >= 0.6 is 11.3 Å². The molecule has 0 saturated carbocycles. The third-order valence-electron chi connectivity index (χ3n) is 4.35. The first-order chi connectivity index (χ1) is 12.7. The van der Waals surface area contributed by atoms with Gasteiger partial charge in [0, 0.05) is 19.5 Å². The van der Waals surface area contributed by atoms with E-state index in [0.717, 1.165) is 11.3 Å². The average Bonchev–Trinajstić information content (AvgIpc) is 3.21. The van der Waals surface area contributed by atoms with Gasteiger partial charge in [0.1, 0.15) is 23.1 Å². The van der Waals surface area contributed by atoms with E-state index in [1.807, 2.05) is 31.2 Å². The standard InChI is InChI=1S/C18H23N3O4S2/c1-13-4-6-15(7-5-13)25-10-17-19-16(11-26-17)18(22)21(20(2)3)14-8-9-27(23,24)12-14/h4-7,11,14H,8-10,12H2,1-3H3. The summed E-state index contributed by atoms with van der Waals surface area (Å²) in [6.45, 7) is 2.29. The van der Waals surface area contributed by atoms with E-state index in [1.165, 1.54) is 16.3 Å². The molecule has 1 amide bonds. The van der Waals surface area contributed by atoms with E-state index in [9.17, 15) is 13.2 Å². The van der Waals surface area contributed by atoms with Crippen molar-refractivity contribution in [2.45, 2.75) is 26.0 Å². The van der Waals surface area contributed by atoms with Gasteiger partial charge in [-0.1, -0.05) is 17.7 Å². The van der Waals surface area contributed by atoms with Crippen LogP contribution in [0.2, 0.25) is 0 Å². The summed E-state index contributed by atoms with van der Waals surface area (Å²) in [5, 5.41) is 5.51. The van der Waals surface area contributed by atoms with E-state index >= 15 is 0 Å². The molecule has 27 heavy (non-hydrogen) atoms. The van der Waals surface area contributed by atoms with E-state index in [4.69, 9.17) is 4.74 Å². The zero-order chi connectivity index (χ0) is 19.6. The number of hydrogen-bond donors (Lipinski definition) is 0. The van der Waals surface area contributed by atoms with Crippen molar-refractivity contribution in [3.63, 3.8) is 0 Å². The lowest BCUT2D eigenvalue weighted by Crippen LogP contribution is -2.49. The van der Waals surface area contributed by atoms with Gasteiger partial charge in [0.2, 0.25) is 0 Å². The molecule has 0 aliphatic carbocycles. The number of ether oxygens (including phenoxy) is 1. The molecule has 146 valence electrons. The van der Waals surface area contributed by atoms with Gasteiger partial charge in [0.05, 0.1) is 17.5 Å². The number of rotatable bonds is 6. The molecule has 0 N–H and O–H groups in total. The third-order valence-corrected chi connectivity index (χ3v) is 6.92. The first-order valence-electron chi connectivity index (χ1n) is 8.60. The van der Waals surface area contributed by atoms with Crippen molar-refractivity contribution < 1.29 is 17.9 Å². The molecule has 1 aromatic heterocycles. The number of benzene rings is 1. The van der Waals surface area contributed by atoms with Gasteiger partial charge in [-0.05, 0) is 25.5 Å². The van der Waals surface area contributed by atoms with Crippen LogP contribution in [0.3, 0.4) is 0 Å². The largest absolute Gasteiger partial charge is 0.486 e. The molecule has 7 nitrogen and oxygen atoms in total. The lowest BCUT2D eigenvalue weighted by molar-refractivity contribution is 0.000514. The molecule has 0 bridgehead atoms. The smallest absolute Gasteiger partial charge is 0.287 e. The summed E-state index contributed by atoms with van der Waals surface area (Å²) in [6.07, 6.45) is 0.444. The maximum absolute atomic E-state index is 12.9. The lowest BCUT2D eigenvalue weighted by atomic mass is 10.2. The third kappa shape index (κ3) is 4.85. The van der Waals surface area contributed by atoms with Crippen LogP contribution in [0.15, 0.2) is 29.6 Å². The molecule has 2 heterocycles. The van der Waals surface area contributed by atoms with E-state index in [1.54, 1.807) is 24.5 Å². The summed E-state index contributed by atoms with van der Waals surface area (Å²) >= 11 is 1.35. The molecular formula is C18H23N3O4S2. The SMILES string of the molecule is Cc1ccc(OCc2nc(C(=O)N(C3CCS(=O)(=O)C3)N(C)C)cs2)cc1. The summed E-state index contributed by atoms with van der Waals surface area (Å²) < 4.78 is 29.3. The van der Waals surface area contributed by atoms with Crippen molar-refractivity contribution in [2.24, 2.45) is 0 Å². The number of amides is 1. The molecule has 3 rings (SSSR count). The van der Waals surface area contributed by atoms with Crippen molar-refractivity contribution in [2.75, 3.05) is 25.6 Å². The zero-order valence-corrected chi connectivity index (χ0v) is 17.2. The highest BCUT2D eigenvalue weighted by Gasteiger charge is 2.37. The second kappa shape index (κ2) is 7.95. The zero-order valence-electron chi connectivity index (χ0n) is 15.6. The predicted octanol–water partition coefficient (Wildman–Crippen LogP) is 2.14. The number of sulfone groups is 1. The van der Waals surface area contributed by atoms with Crippen LogP contribution in [-0.4, -0.2) is 61.0 Å². The number of nitrogens with zero attached hydrogens (tertiary/aromatic N) is 3. The van der Waals surface area contributed by atoms with Crippen molar-refractivity contribution in [3.05, 3.63) is 45.9 Å². The summed E-state index contributed by atoms with van der Waals surface area (Å²) in [5.74, 6) is 0.557. The van der Waals surface area contributed by atoms with Crippen LogP contribution in [0.25, 0.3) is 0 Å². The Morgan fingerprint density at radius 3 is 2.59 bits per heavy atom. The molecule has 9 heteroatoms. The quantitative estimate of drug-likeness (QED) is 0.680. The molecule has 1 aromatic carbocycles. The number of aromatic nitrogens is 1. The maximum atomic E-state index is 12.9. The first kappa shape index (κ1) is 19.8. The normalized spacial score (nSPS) is 18.6. The predicted molar refractivity (Wildman–Crippen MR) is 105 cm³/mol. The van der Waals surface area contributed by atoms with Gasteiger partial charge in [0.25, 0.3) is 5.91 Å². The number of hydrogen-bond acceptors (Lipinski definition) is 7. The lowest BCUT2D eigenvalue weighted by Gasteiger charge is -2.33. The molecule has 1 fully saturated rings. The van der Waals surface area contributed by atoms with Crippen LogP contribution in [0.4, 0.5) is 0 Å². The Balaban J connectivity index is 1.68. The molecule has 1 atom stereocenters. The van der Waals surface area contributed by atoms with Gasteiger partial charge in [-0.25, -0.2) is 18.4 Å². The molecule has 1 aliphatic rings. The Hall–Kier alpha value is -1.97. The average molecular weight is 410 g/mol. The summed E-state index contributed by atoms with van der Waals surface area (Å²) in [7, 11) is 0.380. The highest BCUT2D eigenvalue weighted by Crippen LogP contribution is 2.22. The van der Waals surface area contributed by atoms with Crippen LogP contribution in [0.1, 0.15) is 27.5 Å². The molecule has 0 radical (unpaired) electrons. The van der Waals surface area contributed by atoms with Crippen LogP contribution in [0.5, 0.6) is 5.75 Å². The van der Waals surface area contributed by atoms with Crippen molar-refractivity contribution in [3.8, 4) is 5.75 Å². The minimum Gasteiger partial charge on any atom is -0.486 e. The number of aryl methyl sites for hydroxylation is 1. The first-order valence-corrected chi connectivity index (χ1v) is 11.3. The highest BCUT2D eigenvalue weighted by atomic mass is 32.2. The van der Waals surface area contributed by atoms with Crippen molar-refractivity contribution >= 4 is 27.1 Å². The number of carbonyl (C=O) groups is 1. The van der Waals surface area contributed by atoms with Gasteiger partial charge >= 0.3 is 0 Å². The Morgan fingerprint density at radius 1 is 1.30 bits per heavy atom. The van der Waals surface area contributed by atoms with Gasteiger partial charge < -0.3 is 4.74 Å².